The second-order valence-electron chi connectivity index (χ2n) is 4.70. The molecule has 1 saturated heterocycles. The Morgan fingerprint density at radius 1 is 1.59 bits per heavy atom. The van der Waals surface area contributed by atoms with Crippen molar-refractivity contribution < 1.29 is 15.0 Å². The molecule has 1 radical (unpaired) electrons. The van der Waals surface area contributed by atoms with Gasteiger partial charge in [0.2, 0.25) is 5.91 Å². The zero-order chi connectivity index (χ0) is 12.7. The Morgan fingerprint density at radius 2 is 2.35 bits per heavy atom. The molecule has 4 N–H and O–H groups in total. The molecule has 1 fully saturated rings. The maximum Gasteiger partial charge on any atom is 0.241 e. The molecule has 0 bridgehead atoms. The van der Waals surface area contributed by atoms with Gasteiger partial charge >= 0.3 is 0 Å². The molecule has 1 heterocycles. The zero-order valence-electron chi connectivity index (χ0n) is 10.2. The van der Waals surface area contributed by atoms with Gasteiger partial charge in [0.1, 0.15) is 6.04 Å². The molecular weight excluding hydrogens is 220 g/mol. The van der Waals surface area contributed by atoms with Gasteiger partial charge in [-0.3, -0.25) is 4.79 Å². The lowest BCUT2D eigenvalue weighted by atomic mass is 9.92. The molecule has 5 nitrogen and oxygen atoms in total. The fraction of sp³-hybridized carbons (Fsp3) is 0.833. The molecule has 0 unspecified atom stereocenters. The molecule has 1 amide bonds. The summed E-state index contributed by atoms with van der Waals surface area (Å²) in [5, 5.41) is 17.5. The summed E-state index contributed by atoms with van der Waals surface area (Å²) in [6, 6.07) is -0.778. The van der Waals surface area contributed by atoms with E-state index in [4.69, 9.17) is 15.9 Å². The summed E-state index contributed by atoms with van der Waals surface area (Å²) < 4.78 is 0. The van der Waals surface area contributed by atoms with Crippen LogP contribution in [0.5, 0.6) is 0 Å². The SMILES string of the molecule is N[C@@H](CO)C(=O)N1CCC[C@@H](CCC[CH]O)C1. The summed E-state index contributed by atoms with van der Waals surface area (Å²) in [6.45, 7) is 2.38. The number of amides is 1. The Labute approximate surface area is 103 Å². The van der Waals surface area contributed by atoms with Crippen LogP contribution in [0.1, 0.15) is 32.1 Å². The standard InChI is InChI=1S/C12H23N2O3/c13-11(9-16)12(17)14-6-3-5-10(8-14)4-1-2-7-15/h7,10-11,15-16H,1-6,8-9,13H2/t10-,11+/m1/s1. The number of hydrogen-bond donors (Lipinski definition) is 3. The van der Waals surface area contributed by atoms with Crippen molar-refractivity contribution in [2.75, 3.05) is 19.7 Å². The Kier molecular flexibility index (Phi) is 6.47. The number of aliphatic hydroxyl groups excluding tert-OH is 2. The Morgan fingerprint density at radius 3 is 3.00 bits per heavy atom. The van der Waals surface area contributed by atoms with Crippen LogP contribution in [0.4, 0.5) is 0 Å². The molecule has 5 heteroatoms. The lowest BCUT2D eigenvalue weighted by molar-refractivity contribution is -0.135. The van der Waals surface area contributed by atoms with Gasteiger partial charge in [0.15, 0.2) is 0 Å². The van der Waals surface area contributed by atoms with Crippen molar-refractivity contribution in [2.24, 2.45) is 11.7 Å². The summed E-state index contributed by atoms with van der Waals surface area (Å²) >= 11 is 0. The highest BCUT2D eigenvalue weighted by Crippen LogP contribution is 2.22. The van der Waals surface area contributed by atoms with Crippen molar-refractivity contribution in [1.29, 1.82) is 0 Å². The molecule has 2 atom stereocenters. The summed E-state index contributed by atoms with van der Waals surface area (Å²) in [4.78, 5) is 13.6. The van der Waals surface area contributed by atoms with Crippen molar-refractivity contribution in [3.05, 3.63) is 6.61 Å². The van der Waals surface area contributed by atoms with Crippen LogP contribution in [0.25, 0.3) is 0 Å². The minimum Gasteiger partial charge on any atom is -0.394 e. The largest absolute Gasteiger partial charge is 0.394 e. The van der Waals surface area contributed by atoms with Crippen LogP contribution in [0, 0.1) is 12.5 Å². The summed E-state index contributed by atoms with van der Waals surface area (Å²) in [5.74, 6) is 0.351. The fourth-order valence-electron chi connectivity index (χ4n) is 2.31. The topological polar surface area (TPSA) is 86.8 Å². The van der Waals surface area contributed by atoms with Gasteiger partial charge in [-0.15, -0.1) is 0 Å². The van der Waals surface area contributed by atoms with Crippen molar-refractivity contribution in [3.8, 4) is 0 Å². The summed E-state index contributed by atoms with van der Waals surface area (Å²) in [7, 11) is 0. The van der Waals surface area contributed by atoms with E-state index in [1.807, 2.05) is 0 Å². The maximum absolute atomic E-state index is 11.8. The molecule has 0 aromatic carbocycles. The van der Waals surface area contributed by atoms with Gasteiger partial charge in [0, 0.05) is 13.1 Å². The number of carbonyl (C=O) groups is 1. The summed E-state index contributed by atoms with van der Waals surface area (Å²) in [5.41, 5.74) is 5.54. The molecule has 0 aliphatic carbocycles. The van der Waals surface area contributed by atoms with Crippen LogP contribution in [-0.4, -0.2) is 46.8 Å². The number of rotatable bonds is 6. The van der Waals surface area contributed by atoms with Crippen LogP contribution >= 0.6 is 0 Å². The van der Waals surface area contributed by atoms with Crippen LogP contribution < -0.4 is 5.73 Å². The number of nitrogens with two attached hydrogens (primary N) is 1. The Bertz CT molecular complexity index is 236. The number of unbranched alkanes of at least 4 members (excludes halogenated alkanes) is 1. The second kappa shape index (κ2) is 7.63. The smallest absolute Gasteiger partial charge is 0.241 e. The van der Waals surface area contributed by atoms with Gasteiger partial charge in [0.25, 0.3) is 0 Å². The van der Waals surface area contributed by atoms with E-state index in [0.717, 1.165) is 38.8 Å². The zero-order valence-corrected chi connectivity index (χ0v) is 10.2. The van der Waals surface area contributed by atoms with Gasteiger partial charge in [-0.05, 0) is 31.6 Å². The molecule has 1 aliphatic rings. The molecule has 17 heavy (non-hydrogen) atoms. The number of carbonyl (C=O) groups excluding carboxylic acids is 1. The summed E-state index contributed by atoms with van der Waals surface area (Å²) in [6.07, 6.45) is 4.81. The Balaban J connectivity index is 2.35. The van der Waals surface area contributed by atoms with E-state index in [0.29, 0.717) is 12.3 Å². The predicted octanol–water partition coefficient (Wildman–Crippen LogP) is 0.249. The van der Waals surface area contributed by atoms with Gasteiger partial charge < -0.3 is 20.8 Å². The third-order valence-electron chi connectivity index (χ3n) is 3.29. The first kappa shape index (κ1) is 14.4. The molecule has 1 aliphatic heterocycles. The molecule has 0 spiro atoms. The fourth-order valence-corrected chi connectivity index (χ4v) is 2.31. The third kappa shape index (κ3) is 4.61. The number of hydrogen-bond acceptors (Lipinski definition) is 4. The van der Waals surface area contributed by atoms with Gasteiger partial charge in [-0.1, -0.05) is 6.42 Å². The Hall–Kier alpha value is -0.650. The number of nitrogens with zero attached hydrogens (tertiary/aromatic N) is 1. The average molecular weight is 243 g/mol. The van der Waals surface area contributed by atoms with Crippen LogP contribution in [-0.2, 0) is 4.79 Å². The predicted molar refractivity (Wildman–Crippen MR) is 64.5 cm³/mol. The highest BCUT2D eigenvalue weighted by molar-refractivity contribution is 5.81. The normalized spacial score (nSPS) is 22.5. The maximum atomic E-state index is 11.8. The lowest BCUT2D eigenvalue weighted by Gasteiger charge is -2.34. The second-order valence-corrected chi connectivity index (χ2v) is 4.70. The van der Waals surface area contributed by atoms with Crippen LogP contribution in [0.3, 0.4) is 0 Å². The monoisotopic (exact) mass is 243 g/mol. The molecule has 99 valence electrons. The van der Waals surface area contributed by atoms with Crippen LogP contribution in [0.15, 0.2) is 0 Å². The first-order chi connectivity index (χ1) is 8.19. The van der Waals surface area contributed by atoms with E-state index in [-0.39, 0.29) is 12.5 Å². The molecule has 1 rings (SSSR count). The van der Waals surface area contributed by atoms with Crippen molar-refractivity contribution >= 4 is 5.91 Å². The van der Waals surface area contributed by atoms with Gasteiger partial charge in [-0.25, -0.2) is 0 Å². The molecule has 0 aromatic rings. The van der Waals surface area contributed by atoms with Crippen molar-refractivity contribution in [2.45, 2.75) is 38.1 Å². The van der Waals surface area contributed by atoms with Crippen molar-refractivity contribution in [3.63, 3.8) is 0 Å². The first-order valence-electron chi connectivity index (χ1n) is 6.30. The van der Waals surface area contributed by atoms with E-state index in [1.165, 1.54) is 6.61 Å². The van der Waals surface area contributed by atoms with Gasteiger partial charge in [0.05, 0.1) is 13.2 Å². The highest BCUT2D eigenvalue weighted by atomic mass is 16.3. The van der Waals surface area contributed by atoms with E-state index in [9.17, 15) is 4.79 Å². The van der Waals surface area contributed by atoms with E-state index in [2.05, 4.69) is 0 Å². The van der Waals surface area contributed by atoms with Crippen molar-refractivity contribution in [1.82, 2.24) is 4.90 Å². The number of piperidine rings is 1. The highest BCUT2D eigenvalue weighted by Gasteiger charge is 2.26. The molecular formula is C12H23N2O3. The van der Waals surface area contributed by atoms with E-state index < -0.39 is 6.04 Å². The molecule has 0 saturated carbocycles. The van der Waals surface area contributed by atoms with E-state index >= 15 is 0 Å². The molecule has 0 aromatic heterocycles. The first-order valence-corrected chi connectivity index (χ1v) is 6.30. The number of likely N-dealkylation sites (tertiary alicyclic amines) is 1. The van der Waals surface area contributed by atoms with Gasteiger partial charge in [-0.2, -0.15) is 0 Å². The third-order valence-corrected chi connectivity index (χ3v) is 3.29. The minimum absolute atomic E-state index is 0.147. The number of aliphatic hydroxyl groups is 2. The quantitative estimate of drug-likeness (QED) is 0.584. The minimum atomic E-state index is -0.778. The average Bonchev–Trinajstić information content (AvgIpc) is 2.37. The van der Waals surface area contributed by atoms with Crippen LogP contribution in [0.2, 0.25) is 0 Å². The lowest BCUT2D eigenvalue weighted by Crippen LogP contribution is -2.49. The van der Waals surface area contributed by atoms with E-state index in [1.54, 1.807) is 4.90 Å².